The number of nitrogens with zero attached hydrogens (tertiary/aromatic N) is 1. The maximum Gasteiger partial charge on any atom is 0.333 e. The smallest absolute Gasteiger partial charge is 0.333 e. The van der Waals surface area contributed by atoms with Crippen molar-refractivity contribution in [3.05, 3.63) is 53.6 Å². The Morgan fingerprint density at radius 2 is 1.71 bits per heavy atom. The van der Waals surface area contributed by atoms with E-state index >= 15 is 0 Å². The van der Waals surface area contributed by atoms with Gasteiger partial charge in [-0.05, 0) is 43.4 Å². The number of likely N-dealkylation sites (N-methyl/N-ethyl adjacent to an activating group) is 2. The van der Waals surface area contributed by atoms with E-state index in [1.165, 1.54) is 0 Å². The third-order valence-electron chi connectivity index (χ3n) is 7.03. The Morgan fingerprint density at radius 3 is 2.18 bits per heavy atom. The maximum atomic E-state index is 13.9. The van der Waals surface area contributed by atoms with Crippen LogP contribution >= 0.6 is 0 Å². The zero-order valence-electron chi connectivity index (χ0n) is 25.3. The van der Waals surface area contributed by atoms with E-state index in [0.717, 1.165) is 11.1 Å². The summed E-state index contributed by atoms with van der Waals surface area (Å²) >= 11 is 0. The average Bonchev–Trinajstić information content (AvgIpc) is 2.84. The van der Waals surface area contributed by atoms with Crippen molar-refractivity contribution in [2.24, 2.45) is 11.3 Å². The van der Waals surface area contributed by atoms with Gasteiger partial charge in [-0.15, -0.1) is 0 Å². The third kappa shape index (κ3) is 8.29. The maximum absolute atomic E-state index is 13.9. The molecule has 38 heavy (non-hydrogen) atoms. The van der Waals surface area contributed by atoms with Gasteiger partial charge in [-0.25, -0.2) is 4.79 Å². The molecule has 0 bridgehead atoms. The van der Waals surface area contributed by atoms with E-state index in [-0.39, 0.29) is 30.4 Å². The third-order valence-corrected chi connectivity index (χ3v) is 7.03. The van der Waals surface area contributed by atoms with Crippen molar-refractivity contribution >= 4 is 23.9 Å². The minimum absolute atomic E-state index is 0.0331. The molecular weight excluding hydrogens is 478 g/mol. The van der Waals surface area contributed by atoms with Gasteiger partial charge in [-0.2, -0.15) is 0 Å². The molecule has 1 rings (SSSR count). The lowest BCUT2D eigenvalue weighted by Crippen LogP contribution is -2.61. The standard InChI is InChI=1S/C31H49N3O4/c1-13-22-16-15-17-23(19-22)31(9,10)25(32-11)27(35)33-26(30(6,7)8)28(36)34(12)24(20(3)4)18-21(5)29(37)38-14-2/h13,15-20,24-26,32H,1,14H2,2-12H3,(H,33,35)/t24-,25?,26-/m1/s1. The number of rotatable bonds is 12. The van der Waals surface area contributed by atoms with Crippen molar-refractivity contribution in [1.29, 1.82) is 0 Å². The number of benzene rings is 1. The van der Waals surface area contributed by atoms with Gasteiger partial charge >= 0.3 is 5.97 Å². The fourth-order valence-corrected chi connectivity index (χ4v) is 4.60. The molecule has 3 atom stereocenters. The molecule has 0 saturated heterocycles. The van der Waals surface area contributed by atoms with E-state index in [4.69, 9.17) is 4.74 Å². The van der Waals surface area contributed by atoms with Crippen molar-refractivity contribution in [2.45, 2.75) is 85.9 Å². The zero-order chi connectivity index (χ0) is 29.4. The molecule has 2 N–H and O–H groups in total. The normalized spacial score (nSPS) is 14.9. The second kappa shape index (κ2) is 13.7. The molecular formula is C31H49N3O4. The van der Waals surface area contributed by atoms with Gasteiger partial charge in [0, 0.05) is 18.0 Å². The van der Waals surface area contributed by atoms with E-state index in [9.17, 15) is 14.4 Å². The first kappa shape index (κ1) is 33.1. The number of amides is 2. The summed E-state index contributed by atoms with van der Waals surface area (Å²) in [5, 5.41) is 6.23. The molecule has 1 unspecified atom stereocenters. The zero-order valence-corrected chi connectivity index (χ0v) is 25.3. The van der Waals surface area contributed by atoms with Crippen molar-refractivity contribution < 1.29 is 19.1 Å². The van der Waals surface area contributed by atoms with Gasteiger partial charge in [-0.3, -0.25) is 9.59 Å². The molecule has 1 aromatic rings. The summed E-state index contributed by atoms with van der Waals surface area (Å²) in [5.74, 6) is -0.855. The van der Waals surface area contributed by atoms with E-state index in [1.54, 1.807) is 45.0 Å². The van der Waals surface area contributed by atoms with Gasteiger partial charge < -0.3 is 20.3 Å². The van der Waals surface area contributed by atoms with E-state index in [1.807, 2.05) is 72.7 Å². The first-order valence-electron chi connectivity index (χ1n) is 13.4. The number of hydrogen-bond donors (Lipinski definition) is 2. The average molecular weight is 528 g/mol. The van der Waals surface area contributed by atoms with Crippen molar-refractivity contribution in [2.75, 3.05) is 20.7 Å². The van der Waals surface area contributed by atoms with Crippen LogP contribution in [0.1, 0.15) is 73.4 Å². The highest BCUT2D eigenvalue weighted by Crippen LogP contribution is 2.30. The summed E-state index contributed by atoms with van der Waals surface area (Å²) in [4.78, 5) is 41.5. The number of nitrogens with one attached hydrogen (secondary N) is 2. The Morgan fingerprint density at radius 1 is 1.11 bits per heavy atom. The molecule has 0 radical (unpaired) electrons. The lowest BCUT2D eigenvalue weighted by Gasteiger charge is -2.40. The largest absolute Gasteiger partial charge is 0.463 e. The first-order chi connectivity index (χ1) is 17.5. The minimum Gasteiger partial charge on any atom is -0.463 e. The molecule has 0 aliphatic heterocycles. The minimum atomic E-state index is -0.788. The lowest BCUT2D eigenvalue weighted by molar-refractivity contribution is -0.141. The van der Waals surface area contributed by atoms with Crippen LogP contribution in [-0.2, 0) is 24.5 Å². The molecule has 0 heterocycles. The van der Waals surface area contributed by atoms with E-state index in [2.05, 4.69) is 17.2 Å². The summed E-state index contributed by atoms with van der Waals surface area (Å²) in [6.45, 7) is 21.4. The molecule has 212 valence electrons. The van der Waals surface area contributed by atoms with Crippen LogP contribution < -0.4 is 10.6 Å². The molecule has 1 aromatic carbocycles. The predicted octanol–water partition coefficient (Wildman–Crippen LogP) is 4.72. The molecule has 7 heteroatoms. The topological polar surface area (TPSA) is 87.7 Å². The Bertz CT molecular complexity index is 1020. The molecule has 0 aliphatic carbocycles. The first-order valence-corrected chi connectivity index (χ1v) is 13.4. The van der Waals surface area contributed by atoms with Gasteiger partial charge in [0.2, 0.25) is 11.8 Å². The Labute approximate surface area is 230 Å². The van der Waals surface area contributed by atoms with Gasteiger partial charge in [0.05, 0.1) is 18.7 Å². The molecule has 0 aromatic heterocycles. The van der Waals surface area contributed by atoms with Crippen LogP contribution in [0.3, 0.4) is 0 Å². The summed E-state index contributed by atoms with van der Waals surface area (Å²) in [6.07, 6.45) is 3.55. The number of esters is 1. The fourth-order valence-electron chi connectivity index (χ4n) is 4.60. The van der Waals surface area contributed by atoms with E-state index in [0.29, 0.717) is 5.57 Å². The molecule has 0 aliphatic rings. The lowest BCUT2D eigenvalue weighted by atomic mass is 9.76. The van der Waals surface area contributed by atoms with Crippen LogP contribution in [-0.4, -0.2) is 61.5 Å². The van der Waals surface area contributed by atoms with Gasteiger partial charge in [0.25, 0.3) is 0 Å². The van der Waals surface area contributed by atoms with Crippen LogP contribution in [0.5, 0.6) is 0 Å². The predicted molar refractivity (Wildman–Crippen MR) is 156 cm³/mol. The Balaban J connectivity index is 3.34. The summed E-state index contributed by atoms with van der Waals surface area (Å²) in [6, 6.07) is 6.20. The molecule has 2 amide bonds. The summed E-state index contributed by atoms with van der Waals surface area (Å²) < 4.78 is 5.12. The second-order valence-electron chi connectivity index (χ2n) is 11.8. The van der Waals surface area contributed by atoms with Crippen LogP contribution in [0.15, 0.2) is 42.5 Å². The van der Waals surface area contributed by atoms with Crippen molar-refractivity contribution in [3.8, 4) is 0 Å². The summed E-state index contributed by atoms with van der Waals surface area (Å²) in [5.41, 5.74) is 1.27. The number of ether oxygens (including phenoxy) is 1. The molecule has 7 nitrogen and oxygen atoms in total. The number of carbonyl (C=O) groups is 3. The highest BCUT2D eigenvalue weighted by Gasteiger charge is 2.41. The summed E-state index contributed by atoms with van der Waals surface area (Å²) in [7, 11) is 3.47. The second-order valence-corrected chi connectivity index (χ2v) is 11.8. The van der Waals surface area contributed by atoms with Gasteiger partial charge in [0.1, 0.15) is 6.04 Å². The monoisotopic (exact) mass is 527 g/mol. The highest BCUT2D eigenvalue weighted by molar-refractivity contribution is 5.92. The quantitative estimate of drug-likeness (QED) is 0.303. The van der Waals surface area contributed by atoms with E-state index < -0.39 is 28.9 Å². The van der Waals surface area contributed by atoms with Gasteiger partial charge in [0.15, 0.2) is 0 Å². The van der Waals surface area contributed by atoms with Crippen LogP contribution in [0.4, 0.5) is 0 Å². The fraction of sp³-hybridized carbons (Fsp3) is 0.581. The SMILES string of the molecule is C=Cc1cccc(C(C)(C)C(NC)C(=O)N[C@H](C(=O)N(C)[C@H](C=C(C)C(=O)OCC)C(C)C)C(C)(C)C)c1. The van der Waals surface area contributed by atoms with Crippen LogP contribution in [0.25, 0.3) is 6.08 Å². The van der Waals surface area contributed by atoms with Gasteiger partial charge in [-0.1, -0.05) is 91.5 Å². The number of carbonyl (C=O) groups excluding carboxylic acids is 3. The Kier molecular flexibility index (Phi) is 12.0. The van der Waals surface area contributed by atoms with Crippen molar-refractivity contribution in [1.82, 2.24) is 15.5 Å². The molecule has 0 fully saturated rings. The van der Waals surface area contributed by atoms with Crippen molar-refractivity contribution in [3.63, 3.8) is 0 Å². The highest BCUT2D eigenvalue weighted by atomic mass is 16.5. The Hall–Kier alpha value is -2.93. The molecule has 0 saturated carbocycles. The van der Waals surface area contributed by atoms with Crippen LogP contribution in [0.2, 0.25) is 0 Å². The van der Waals surface area contributed by atoms with Crippen LogP contribution in [0, 0.1) is 11.3 Å². The number of hydrogen-bond acceptors (Lipinski definition) is 5. The molecule has 0 spiro atoms.